The molecule has 0 bridgehead atoms. The van der Waals surface area contributed by atoms with Gasteiger partial charge in [0.2, 0.25) is 0 Å². The van der Waals surface area contributed by atoms with Crippen LogP contribution in [0.1, 0.15) is 30.0 Å². The lowest BCUT2D eigenvalue weighted by atomic mass is 9.93. The van der Waals surface area contributed by atoms with Gasteiger partial charge >= 0.3 is 12.1 Å². The Labute approximate surface area is 176 Å². The quantitative estimate of drug-likeness (QED) is 0.404. The van der Waals surface area contributed by atoms with Crippen molar-refractivity contribution in [3.63, 3.8) is 0 Å². The standard InChI is InChI=1S/C20H22ClF3N2O2S/c1-12-15(6-7-18(21)26-12)13-2-4-14(5-3-13)16(20(22,23)24)8-10-29-11-9-17(25)19(27)28/h2-7,16-17H,8-11,25H2,1H3,(H,27,28). The Morgan fingerprint density at radius 1 is 1.17 bits per heavy atom. The van der Waals surface area contributed by atoms with Gasteiger partial charge in [-0.1, -0.05) is 35.9 Å². The van der Waals surface area contributed by atoms with E-state index in [1.165, 1.54) is 23.9 Å². The van der Waals surface area contributed by atoms with Crippen LogP contribution in [0.25, 0.3) is 11.1 Å². The molecule has 158 valence electrons. The number of hydrogen-bond acceptors (Lipinski definition) is 4. The molecule has 4 nitrogen and oxygen atoms in total. The molecule has 2 rings (SSSR count). The zero-order chi connectivity index (χ0) is 21.6. The lowest BCUT2D eigenvalue weighted by molar-refractivity contribution is -0.150. The van der Waals surface area contributed by atoms with Crippen LogP contribution in [-0.4, -0.2) is 39.8 Å². The zero-order valence-corrected chi connectivity index (χ0v) is 17.3. The Balaban J connectivity index is 2.04. The van der Waals surface area contributed by atoms with Gasteiger partial charge in [0.25, 0.3) is 0 Å². The maximum atomic E-state index is 13.5. The predicted octanol–water partition coefficient (Wildman–Crippen LogP) is 5.28. The maximum Gasteiger partial charge on any atom is 0.395 e. The predicted molar refractivity (Wildman–Crippen MR) is 110 cm³/mol. The second-order valence-corrected chi connectivity index (χ2v) is 8.23. The molecule has 0 aliphatic carbocycles. The summed E-state index contributed by atoms with van der Waals surface area (Å²) >= 11 is 7.13. The van der Waals surface area contributed by atoms with Gasteiger partial charge in [-0.15, -0.1) is 0 Å². The molecule has 0 aliphatic heterocycles. The van der Waals surface area contributed by atoms with Gasteiger partial charge in [0.15, 0.2) is 0 Å². The molecule has 0 saturated heterocycles. The fraction of sp³-hybridized carbons (Fsp3) is 0.400. The van der Waals surface area contributed by atoms with E-state index < -0.39 is 24.1 Å². The molecule has 1 aromatic heterocycles. The summed E-state index contributed by atoms with van der Waals surface area (Å²) in [5.74, 6) is -2.02. The van der Waals surface area contributed by atoms with Crippen LogP contribution in [0.2, 0.25) is 5.15 Å². The highest BCUT2D eigenvalue weighted by molar-refractivity contribution is 7.99. The van der Waals surface area contributed by atoms with E-state index in [9.17, 15) is 18.0 Å². The summed E-state index contributed by atoms with van der Waals surface area (Å²) in [6, 6.07) is 8.75. The summed E-state index contributed by atoms with van der Waals surface area (Å²) in [4.78, 5) is 14.8. The molecule has 0 spiro atoms. The van der Waals surface area contributed by atoms with Gasteiger partial charge in [0.05, 0.1) is 5.92 Å². The minimum Gasteiger partial charge on any atom is -0.480 e. The number of nitrogens with zero attached hydrogens (tertiary/aromatic N) is 1. The number of nitrogens with two attached hydrogens (primary N) is 1. The van der Waals surface area contributed by atoms with Crippen LogP contribution in [0.3, 0.4) is 0 Å². The number of carboxylic acids is 1. The van der Waals surface area contributed by atoms with E-state index in [-0.39, 0.29) is 24.2 Å². The monoisotopic (exact) mass is 446 g/mol. The van der Waals surface area contributed by atoms with Crippen LogP contribution in [0, 0.1) is 6.92 Å². The van der Waals surface area contributed by atoms with Gasteiger partial charge in [0, 0.05) is 11.3 Å². The van der Waals surface area contributed by atoms with Crippen molar-refractivity contribution in [2.24, 2.45) is 5.73 Å². The summed E-state index contributed by atoms with van der Waals surface area (Å²) in [7, 11) is 0. The fourth-order valence-electron chi connectivity index (χ4n) is 2.89. The largest absolute Gasteiger partial charge is 0.480 e. The summed E-state index contributed by atoms with van der Waals surface area (Å²) in [6.07, 6.45) is -4.23. The number of alkyl halides is 3. The third kappa shape index (κ3) is 6.90. The number of benzene rings is 1. The van der Waals surface area contributed by atoms with Gasteiger partial charge < -0.3 is 10.8 Å². The number of aliphatic carboxylic acids is 1. The van der Waals surface area contributed by atoms with Crippen molar-refractivity contribution in [2.75, 3.05) is 11.5 Å². The summed E-state index contributed by atoms with van der Waals surface area (Å²) in [5, 5.41) is 9.09. The molecule has 29 heavy (non-hydrogen) atoms. The minimum absolute atomic E-state index is 0.0860. The fourth-order valence-corrected chi connectivity index (χ4v) is 4.10. The highest BCUT2D eigenvalue weighted by Crippen LogP contribution is 2.39. The third-order valence-electron chi connectivity index (χ3n) is 4.51. The van der Waals surface area contributed by atoms with E-state index >= 15 is 0 Å². The molecule has 0 radical (unpaired) electrons. The molecule has 0 saturated carbocycles. The van der Waals surface area contributed by atoms with Crippen molar-refractivity contribution in [3.8, 4) is 11.1 Å². The molecule has 0 amide bonds. The van der Waals surface area contributed by atoms with Crippen molar-refractivity contribution < 1.29 is 23.1 Å². The Bertz CT molecular complexity index is 831. The third-order valence-corrected chi connectivity index (χ3v) is 5.77. The van der Waals surface area contributed by atoms with Crippen molar-refractivity contribution in [3.05, 3.63) is 52.8 Å². The highest BCUT2D eigenvalue weighted by Gasteiger charge is 2.40. The van der Waals surface area contributed by atoms with Gasteiger partial charge in [-0.3, -0.25) is 4.79 Å². The van der Waals surface area contributed by atoms with Crippen LogP contribution in [0.15, 0.2) is 36.4 Å². The first kappa shape index (κ1) is 23.5. The smallest absolute Gasteiger partial charge is 0.395 e. The number of hydrogen-bond donors (Lipinski definition) is 2. The SMILES string of the molecule is Cc1nc(Cl)ccc1-c1ccc(C(CCSCCC(N)C(=O)O)C(F)(F)F)cc1. The number of halogens is 4. The number of carboxylic acid groups (broad SMARTS) is 1. The van der Waals surface area contributed by atoms with Crippen molar-refractivity contribution in [1.29, 1.82) is 0 Å². The van der Waals surface area contributed by atoms with Crippen LogP contribution < -0.4 is 5.73 Å². The molecule has 0 aliphatic rings. The molecule has 2 aromatic rings. The number of rotatable bonds is 9. The second kappa shape index (κ2) is 10.3. The number of aromatic nitrogens is 1. The van der Waals surface area contributed by atoms with E-state index in [0.29, 0.717) is 16.6 Å². The first-order valence-corrected chi connectivity index (χ1v) is 10.5. The molecule has 3 N–H and O–H groups in total. The first-order valence-electron chi connectivity index (χ1n) is 8.96. The lowest BCUT2D eigenvalue weighted by Gasteiger charge is -2.21. The number of aryl methyl sites for hydroxylation is 1. The van der Waals surface area contributed by atoms with Crippen molar-refractivity contribution in [1.82, 2.24) is 4.98 Å². The summed E-state index contributed by atoms with van der Waals surface area (Å²) in [6.45, 7) is 1.79. The average Bonchev–Trinajstić information content (AvgIpc) is 2.63. The minimum atomic E-state index is -4.36. The molecule has 1 aromatic carbocycles. The molecule has 2 unspecified atom stereocenters. The highest BCUT2D eigenvalue weighted by atomic mass is 35.5. The first-order chi connectivity index (χ1) is 13.6. The molecule has 9 heteroatoms. The van der Waals surface area contributed by atoms with E-state index in [2.05, 4.69) is 4.98 Å². The lowest BCUT2D eigenvalue weighted by Crippen LogP contribution is -2.30. The topological polar surface area (TPSA) is 76.2 Å². The maximum absolute atomic E-state index is 13.5. The van der Waals surface area contributed by atoms with Gasteiger partial charge in [-0.05, 0) is 54.5 Å². The Morgan fingerprint density at radius 2 is 1.79 bits per heavy atom. The second-order valence-electron chi connectivity index (χ2n) is 6.62. The molecular weight excluding hydrogens is 425 g/mol. The zero-order valence-electron chi connectivity index (χ0n) is 15.7. The van der Waals surface area contributed by atoms with Crippen LogP contribution in [0.4, 0.5) is 13.2 Å². The Morgan fingerprint density at radius 3 is 2.34 bits per heavy atom. The van der Waals surface area contributed by atoms with Crippen LogP contribution in [-0.2, 0) is 4.79 Å². The van der Waals surface area contributed by atoms with E-state index in [1.807, 2.05) is 0 Å². The van der Waals surface area contributed by atoms with Crippen LogP contribution >= 0.6 is 23.4 Å². The Hall–Kier alpha value is -1.77. The van der Waals surface area contributed by atoms with E-state index in [0.717, 1.165) is 11.1 Å². The average molecular weight is 447 g/mol. The van der Waals surface area contributed by atoms with E-state index in [4.69, 9.17) is 22.4 Å². The normalized spacial score (nSPS) is 13.9. The van der Waals surface area contributed by atoms with Gasteiger partial charge in [0.1, 0.15) is 11.2 Å². The summed E-state index contributed by atoms with van der Waals surface area (Å²) in [5.41, 5.74) is 7.88. The van der Waals surface area contributed by atoms with E-state index in [1.54, 1.807) is 31.2 Å². The molecule has 1 heterocycles. The number of carbonyl (C=O) groups is 1. The van der Waals surface area contributed by atoms with Crippen molar-refractivity contribution >= 4 is 29.3 Å². The van der Waals surface area contributed by atoms with Gasteiger partial charge in [-0.2, -0.15) is 24.9 Å². The number of pyridine rings is 1. The summed E-state index contributed by atoms with van der Waals surface area (Å²) < 4.78 is 40.6. The Kier molecular flexibility index (Phi) is 8.36. The molecular formula is C20H22ClF3N2O2S. The van der Waals surface area contributed by atoms with Crippen molar-refractivity contribution in [2.45, 2.75) is 37.9 Å². The molecule has 0 fully saturated rings. The van der Waals surface area contributed by atoms with Crippen LogP contribution in [0.5, 0.6) is 0 Å². The molecule has 2 atom stereocenters. The number of thioether (sulfide) groups is 1. The van der Waals surface area contributed by atoms with Gasteiger partial charge in [-0.25, -0.2) is 4.98 Å².